The minimum Gasteiger partial charge on any atom is -0.493 e. The number of allylic oxidation sites excluding steroid dienone is 18. The van der Waals surface area contributed by atoms with Gasteiger partial charge in [0.05, 0.1) is 26.5 Å². The molecule has 0 N–H and O–H groups in total. The number of aromatic nitrogens is 3. The summed E-state index contributed by atoms with van der Waals surface area (Å²) in [4.78, 5) is 0.0486. The van der Waals surface area contributed by atoms with Gasteiger partial charge in [-0.25, -0.2) is 4.68 Å². The molecule has 9 heteroatoms. The summed E-state index contributed by atoms with van der Waals surface area (Å²) in [6.45, 7) is 26.5. The second-order valence-corrected chi connectivity index (χ2v) is 22.6. The van der Waals surface area contributed by atoms with Crippen molar-refractivity contribution in [3.8, 4) is 17.2 Å². The van der Waals surface area contributed by atoms with Gasteiger partial charge in [0.15, 0.2) is 11.5 Å². The number of aryl methyl sites for hydroxylation is 3. The maximum absolute atomic E-state index is 13.4. The maximum Gasteiger partial charge on any atom is 0.339 e. The third kappa shape index (κ3) is 25.2. The van der Waals surface area contributed by atoms with Crippen LogP contribution in [0.4, 0.5) is 0 Å². The van der Waals surface area contributed by atoms with Gasteiger partial charge in [-0.05, 0) is 222 Å². The van der Waals surface area contributed by atoms with E-state index in [0.717, 1.165) is 120 Å². The van der Waals surface area contributed by atoms with Crippen molar-refractivity contribution in [2.45, 2.75) is 210 Å². The fourth-order valence-electron chi connectivity index (χ4n) is 8.66. The molecule has 3 rings (SSSR count). The fourth-order valence-corrected chi connectivity index (χ4v) is 9.62. The summed E-state index contributed by atoms with van der Waals surface area (Å²) in [6, 6.07) is 8.34. The molecule has 0 bridgehead atoms. The van der Waals surface area contributed by atoms with E-state index in [-0.39, 0.29) is 22.9 Å². The Labute approximate surface area is 450 Å². The molecule has 1 heterocycles. The fraction of sp³-hybridized carbons (Fsp3) is 0.508. The van der Waals surface area contributed by atoms with Gasteiger partial charge in [0.1, 0.15) is 4.90 Å². The van der Waals surface area contributed by atoms with Crippen LogP contribution < -0.4 is 13.7 Å². The first-order chi connectivity index (χ1) is 35.3. The Morgan fingerprint density at radius 1 is 0.514 bits per heavy atom. The number of methoxy groups -OCH3 is 2. The van der Waals surface area contributed by atoms with Gasteiger partial charge in [-0.3, -0.25) is 0 Å². The average molecular weight is 1030 g/mol. The lowest BCUT2D eigenvalue weighted by Crippen LogP contribution is -2.14. The highest BCUT2D eigenvalue weighted by molar-refractivity contribution is 7.87. The Bertz CT molecular complexity index is 2610. The molecule has 3 aromatic rings. The molecule has 0 spiro atoms. The van der Waals surface area contributed by atoms with Crippen LogP contribution in [-0.4, -0.2) is 37.6 Å². The van der Waals surface area contributed by atoms with E-state index in [9.17, 15) is 8.42 Å². The van der Waals surface area contributed by atoms with Crippen molar-refractivity contribution in [1.82, 2.24) is 15.0 Å². The first kappa shape index (κ1) is 62.9. The second kappa shape index (κ2) is 34.2. The summed E-state index contributed by atoms with van der Waals surface area (Å²) in [6.07, 6.45) is 43.2. The number of nitrogens with zero attached hydrogens (tertiary/aromatic N) is 3. The largest absolute Gasteiger partial charge is 0.493 e. The summed E-state index contributed by atoms with van der Waals surface area (Å²) < 4.78 is 45.5. The van der Waals surface area contributed by atoms with E-state index in [1.165, 1.54) is 89.4 Å². The highest BCUT2D eigenvalue weighted by atomic mass is 32.2. The summed E-state index contributed by atoms with van der Waals surface area (Å²) in [5.74, 6) is 0.639. The van der Waals surface area contributed by atoms with Gasteiger partial charge in [0.2, 0.25) is 5.75 Å². The van der Waals surface area contributed by atoms with Crippen LogP contribution in [0.2, 0.25) is 0 Å². The molecular weight excluding hydrogens is 935 g/mol. The molecular formula is C65H95N3O5S. The van der Waals surface area contributed by atoms with Gasteiger partial charge in [0, 0.05) is 11.8 Å². The minimum atomic E-state index is -4.17. The molecule has 0 amide bonds. The number of hydrogen-bond donors (Lipinski definition) is 0. The molecule has 2 aromatic carbocycles. The number of ether oxygens (including phenoxy) is 2. The Hall–Kier alpha value is -5.41. The minimum absolute atomic E-state index is 0.0486. The van der Waals surface area contributed by atoms with E-state index in [2.05, 4.69) is 134 Å². The Balaban J connectivity index is 1.33. The first-order valence-electron chi connectivity index (χ1n) is 27.3. The second-order valence-electron chi connectivity index (χ2n) is 21.0. The standard InChI is InChI=1S/C65H95N3O5S/c1-49(2)24-15-25-50(3)26-16-27-51(4)28-17-29-52(5)30-18-31-53(6)32-19-33-54(7)34-20-35-55(8)36-21-37-56(9)38-22-39-57(10)40-23-41-60-47-68(67-66-60)48-62-59(12)46-63(71-13)65(72-14)64(62)73-74(69,70)61-44-42-58(11)43-45-61/h24,26,28,30,32,34,36,38,40,42-47H,15-23,25,27,29,31,33,35,37,39,41,48H2,1-14H3/b50-26+,51-28+,52-30+,53-32+,54-34+,55-36+,56-38+,57-40+. The third-order valence-corrected chi connectivity index (χ3v) is 14.8. The lowest BCUT2D eigenvalue weighted by Gasteiger charge is -2.19. The van der Waals surface area contributed by atoms with Crippen molar-refractivity contribution in [3.05, 3.63) is 164 Å². The summed E-state index contributed by atoms with van der Waals surface area (Å²) in [5.41, 5.74) is 16.4. The zero-order chi connectivity index (χ0) is 54.5. The van der Waals surface area contributed by atoms with Crippen LogP contribution in [0.5, 0.6) is 17.2 Å². The molecule has 0 aliphatic heterocycles. The van der Waals surface area contributed by atoms with E-state index in [0.29, 0.717) is 11.3 Å². The zero-order valence-electron chi connectivity index (χ0n) is 48.4. The van der Waals surface area contributed by atoms with Gasteiger partial charge >= 0.3 is 10.1 Å². The molecule has 0 saturated carbocycles. The van der Waals surface area contributed by atoms with Gasteiger partial charge in [-0.15, -0.1) is 5.10 Å². The van der Waals surface area contributed by atoms with Crippen molar-refractivity contribution in [2.24, 2.45) is 0 Å². The van der Waals surface area contributed by atoms with Crippen molar-refractivity contribution < 1.29 is 22.1 Å². The molecule has 0 saturated heterocycles. The zero-order valence-corrected chi connectivity index (χ0v) is 49.2. The number of benzene rings is 2. The first-order valence-corrected chi connectivity index (χ1v) is 28.7. The molecule has 0 aliphatic rings. The Morgan fingerprint density at radius 2 is 0.892 bits per heavy atom. The van der Waals surface area contributed by atoms with Crippen LogP contribution in [0.1, 0.15) is 201 Å². The van der Waals surface area contributed by atoms with Crippen LogP contribution in [0.15, 0.2) is 146 Å². The van der Waals surface area contributed by atoms with Crippen molar-refractivity contribution >= 4 is 10.1 Å². The lowest BCUT2D eigenvalue weighted by molar-refractivity contribution is 0.341. The summed E-state index contributed by atoms with van der Waals surface area (Å²) in [5, 5.41) is 8.79. The number of rotatable bonds is 34. The smallest absolute Gasteiger partial charge is 0.339 e. The van der Waals surface area contributed by atoms with Gasteiger partial charge in [-0.2, -0.15) is 8.42 Å². The number of hydrogen-bond acceptors (Lipinski definition) is 7. The normalized spacial score (nSPS) is 13.7. The van der Waals surface area contributed by atoms with Gasteiger partial charge in [-0.1, -0.05) is 128 Å². The Morgan fingerprint density at radius 3 is 1.26 bits per heavy atom. The van der Waals surface area contributed by atoms with E-state index in [4.69, 9.17) is 13.7 Å². The highest BCUT2D eigenvalue weighted by Gasteiger charge is 2.26. The van der Waals surface area contributed by atoms with E-state index >= 15 is 0 Å². The van der Waals surface area contributed by atoms with Crippen molar-refractivity contribution in [1.29, 1.82) is 0 Å². The predicted molar refractivity (Wildman–Crippen MR) is 314 cm³/mol. The highest BCUT2D eigenvalue weighted by Crippen LogP contribution is 2.43. The molecule has 0 fully saturated rings. The maximum atomic E-state index is 13.4. The summed E-state index contributed by atoms with van der Waals surface area (Å²) >= 11 is 0. The van der Waals surface area contributed by atoms with E-state index in [1.807, 2.05) is 20.0 Å². The van der Waals surface area contributed by atoms with Gasteiger partial charge in [0.25, 0.3) is 0 Å². The Kier molecular flexibility index (Phi) is 29.1. The average Bonchev–Trinajstić information content (AvgIpc) is 3.79. The van der Waals surface area contributed by atoms with Crippen LogP contribution >= 0.6 is 0 Å². The quantitative estimate of drug-likeness (QED) is 0.0434. The van der Waals surface area contributed by atoms with Crippen molar-refractivity contribution in [3.63, 3.8) is 0 Å². The molecule has 0 atom stereocenters. The summed E-state index contributed by atoms with van der Waals surface area (Å²) in [7, 11) is -1.20. The molecule has 0 aliphatic carbocycles. The van der Waals surface area contributed by atoms with Crippen LogP contribution in [0, 0.1) is 13.8 Å². The van der Waals surface area contributed by atoms with Crippen molar-refractivity contribution in [2.75, 3.05) is 14.2 Å². The van der Waals surface area contributed by atoms with E-state index < -0.39 is 10.1 Å². The molecule has 74 heavy (non-hydrogen) atoms. The molecule has 1 aromatic heterocycles. The van der Waals surface area contributed by atoms with Crippen LogP contribution in [-0.2, 0) is 23.1 Å². The SMILES string of the molecule is COc1cc(C)c(Cn2cc(CC/C=C(\C)CC/C=C(\C)CC/C=C(\C)CC/C=C(\C)CC/C=C(\C)CC/C=C(\C)CC/C=C(\C)CC/C=C(\C)CCC=C(C)C)nn2)c(OS(=O)(=O)c2ccc(C)cc2)c1OC. The molecule has 0 radical (unpaired) electrons. The van der Waals surface area contributed by atoms with Crippen LogP contribution in [0.25, 0.3) is 0 Å². The van der Waals surface area contributed by atoms with Crippen LogP contribution in [0.3, 0.4) is 0 Å². The van der Waals surface area contributed by atoms with Gasteiger partial charge < -0.3 is 13.7 Å². The predicted octanol–water partition coefficient (Wildman–Crippen LogP) is 18.4. The molecule has 8 nitrogen and oxygen atoms in total. The molecule has 0 unspecified atom stereocenters. The lowest BCUT2D eigenvalue weighted by atomic mass is 10.0. The third-order valence-electron chi connectivity index (χ3n) is 13.6. The molecule has 406 valence electrons. The monoisotopic (exact) mass is 1030 g/mol. The topological polar surface area (TPSA) is 92.5 Å². The van der Waals surface area contributed by atoms with E-state index in [1.54, 1.807) is 22.9 Å².